The average molecular weight is 466 g/mol. The van der Waals surface area contributed by atoms with Gasteiger partial charge in [0.15, 0.2) is 17.7 Å². The Morgan fingerprint density at radius 3 is 1.71 bits per heavy atom. The first-order valence-electron chi connectivity index (χ1n) is 12.1. The van der Waals surface area contributed by atoms with Crippen LogP contribution in [-0.4, -0.2) is 67.5 Å². The number of ketones is 3. The van der Waals surface area contributed by atoms with Crippen molar-refractivity contribution in [3.63, 3.8) is 0 Å². The SMILES string of the molecule is [2H]c1ccccc1C(=O)C(O)[C@@]1([2H])OC(O)C(O)(C(=O)c2ccccc2[2H])C1(O)C(=O)c1ccccc1[2H]. The predicted octanol–water partition coefficient (Wildman–Crippen LogP) is 1.18. The molecule has 1 saturated heterocycles. The summed E-state index contributed by atoms with van der Waals surface area (Å²) in [5.41, 5.74) is -9.28. The second-order valence-electron chi connectivity index (χ2n) is 7.57. The molecule has 4 rings (SSSR count). The second-order valence-corrected chi connectivity index (χ2v) is 7.57. The summed E-state index contributed by atoms with van der Waals surface area (Å²) in [6.07, 6.45) is -9.32. The molecule has 0 bridgehead atoms. The van der Waals surface area contributed by atoms with Crippen molar-refractivity contribution in [1.82, 2.24) is 0 Å². The number of hydrogen-bond acceptors (Lipinski definition) is 8. The molecule has 0 aliphatic carbocycles. The maximum Gasteiger partial charge on any atom is 0.217 e. The van der Waals surface area contributed by atoms with Crippen molar-refractivity contribution in [3.05, 3.63) is 108 Å². The van der Waals surface area contributed by atoms with Crippen LogP contribution in [0.15, 0.2) is 90.9 Å². The molecule has 1 aliphatic rings. The van der Waals surface area contributed by atoms with Gasteiger partial charge >= 0.3 is 0 Å². The molecule has 4 N–H and O–H groups in total. The molecular formula is C26H22O8. The highest BCUT2D eigenvalue weighted by molar-refractivity contribution is 6.14. The minimum atomic E-state index is -3.90. The van der Waals surface area contributed by atoms with Gasteiger partial charge in [-0.1, -0.05) is 90.9 Å². The lowest BCUT2D eigenvalue weighted by molar-refractivity contribution is -0.163. The van der Waals surface area contributed by atoms with E-state index in [0.717, 1.165) is 30.3 Å². The van der Waals surface area contributed by atoms with E-state index in [4.69, 9.17) is 10.2 Å². The van der Waals surface area contributed by atoms with Crippen LogP contribution in [0.3, 0.4) is 0 Å². The zero-order chi connectivity index (χ0) is 28.0. The van der Waals surface area contributed by atoms with Crippen LogP contribution in [0.25, 0.3) is 0 Å². The zero-order valence-electron chi connectivity index (χ0n) is 21.5. The third kappa shape index (κ3) is 3.58. The largest absolute Gasteiger partial charge is 0.382 e. The Bertz CT molecular complexity index is 1450. The monoisotopic (exact) mass is 466 g/mol. The van der Waals surface area contributed by atoms with E-state index in [0.29, 0.717) is 0 Å². The number of carbonyl (C=O) groups excluding carboxylic acids is 3. The van der Waals surface area contributed by atoms with Gasteiger partial charge < -0.3 is 25.2 Å². The summed E-state index contributed by atoms with van der Waals surface area (Å²) in [4.78, 5) is 40.6. The highest BCUT2D eigenvalue weighted by Gasteiger charge is 2.75. The third-order valence-electron chi connectivity index (χ3n) is 5.56. The minimum absolute atomic E-state index is 0.389. The number of ether oxygens (including phenoxy) is 1. The van der Waals surface area contributed by atoms with Gasteiger partial charge in [-0.3, -0.25) is 14.4 Å². The molecule has 3 aromatic rings. The lowest BCUT2D eigenvalue weighted by Gasteiger charge is -2.38. The molecule has 174 valence electrons. The number of carbonyl (C=O) groups is 3. The van der Waals surface area contributed by atoms with Crippen molar-refractivity contribution in [2.45, 2.75) is 29.7 Å². The van der Waals surface area contributed by atoms with E-state index in [1.807, 2.05) is 0 Å². The van der Waals surface area contributed by atoms with Crippen LogP contribution < -0.4 is 0 Å². The van der Waals surface area contributed by atoms with Crippen LogP contribution in [0.5, 0.6) is 0 Å². The molecule has 1 fully saturated rings. The second kappa shape index (κ2) is 9.02. The van der Waals surface area contributed by atoms with E-state index >= 15 is 0 Å². The Hall–Kier alpha value is -3.53. The van der Waals surface area contributed by atoms with E-state index in [1.165, 1.54) is 42.5 Å². The van der Waals surface area contributed by atoms with Crippen LogP contribution in [-0.2, 0) is 4.74 Å². The lowest BCUT2D eigenvalue weighted by atomic mass is 9.70. The van der Waals surface area contributed by atoms with Gasteiger partial charge in [0.25, 0.3) is 0 Å². The summed E-state index contributed by atoms with van der Waals surface area (Å²) in [6.45, 7) is 0. The first kappa shape index (κ1) is 18.8. The molecule has 4 unspecified atom stereocenters. The predicted molar refractivity (Wildman–Crippen MR) is 119 cm³/mol. The highest BCUT2D eigenvalue weighted by Crippen LogP contribution is 2.45. The maximum absolute atomic E-state index is 13.8. The fourth-order valence-electron chi connectivity index (χ4n) is 3.76. The van der Waals surface area contributed by atoms with Gasteiger partial charge in [-0.25, -0.2) is 0 Å². The number of rotatable bonds is 7. The van der Waals surface area contributed by atoms with Crippen molar-refractivity contribution in [3.8, 4) is 0 Å². The fourth-order valence-corrected chi connectivity index (χ4v) is 3.76. The van der Waals surface area contributed by atoms with Gasteiger partial charge in [-0.05, 0) is 0 Å². The Kier molecular flexibility index (Phi) is 5.00. The number of Topliss-reactive ketones (excluding diaryl/α,β-unsaturated/α-hetero) is 3. The van der Waals surface area contributed by atoms with E-state index in [2.05, 4.69) is 0 Å². The fraction of sp³-hybridized carbons (Fsp3) is 0.192. The first-order valence-corrected chi connectivity index (χ1v) is 10.1. The molecular weight excluding hydrogens is 440 g/mol. The van der Waals surface area contributed by atoms with Gasteiger partial charge in [0.2, 0.25) is 17.2 Å². The summed E-state index contributed by atoms with van der Waals surface area (Å²) >= 11 is 0. The van der Waals surface area contributed by atoms with Crippen molar-refractivity contribution < 1.29 is 45.0 Å². The van der Waals surface area contributed by atoms with Crippen LogP contribution in [0, 0.1) is 0 Å². The molecule has 5 atom stereocenters. The Morgan fingerprint density at radius 2 is 1.24 bits per heavy atom. The lowest BCUT2D eigenvalue weighted by Crippen LogP contribution is -2.69. The van der Waals surface area contributed by atoms with Gasteiger partial charge in [0, 0.05) is 16.7 Å². The normalized spacial score (nSPS) is 31.0. The van der Waals surface area contributed by atoms with Crippen LogP contribution in [0.1, 0.15) is 36.6 Å². The van der Waals surface area contributed by atoms with Crippen molar-refractivity contribution in [2.24, 2.45) is 0 Å². The van der Waals surface area contributed by atoms with Gasteiger partial charge in [0.05, 0.1) is 5.48 Å². The Morgan fingerprint density at radius 1 is 0.794 bits per heavy atom. The zero-order valence-corrected chi connectivity index (χ0v) is 17.5. The average Bonchev–Trinajstić information content (AvgIpc) is 3.06. The number of aliphatic hydroxyl groups is 4. The van der Waals surface area contributed by atoms with Gasteiger partial charge in [-0.2, -0.15) is 0 Å². The molecule has 8 nitrogen and oxygen atoms in total. The molecule has 1 heterocycles. The number of benzene rings is 3. The molecule has 0 saturated carbocycles. The summed E-state index contributed by atoms with van der Waals surface area (Å²) in [5.74, 6) is -4.68. The summed E-state index contributed by atoms with van der Waals surface area (Å²) < 4.78 is 37.9. The number of hydrogen-bond donors (Lipinski definition) is 4. The summed E-state index contributed by atoms with van der Waals surface area (Å²) in [7, 11) is 0. The van der Waals surface area contributed by atoms with Crippen LogP contribution in [0.4, 0.5) is 0 Å². The van der Waals surface area contributed by atoms with E-state index in [9.17, 15) is 34.8 Å². The quantitative estimate of drug-likeness (QED) is 0.381. The molecule has 0 aromatic heterocycles. The molecule has 0 radical (unpaired) electrons. The summed E-state index contributed by atoms with van der Waals surface area (Å²) in [6, 6.07) is 13.4. The molecule has 0 spiro atoms. The van der Waals surface area contributed by atoms with E-state index < -0.39 is 75.8 Å². The van der Waals surface area contributed by atoms with Crippen molar-refractivity contribution in [2.75, 3.05) is 0 Å². The first-order chi connectivity index (χ1) is 17.8. The minimum Gasteiger partial charge on any atom is -0.382 e. The molecule has 0 amide bonds. The Labute approximate surface area is 200 Å². The summed E-state index contributed by atoms with van der Waals surface area (Å²) in [5, 5.41) is 45.3. The number of aliphatic hydroxyl groups excluding tert-OH is 2. The topological polar surface area (TPSA) is 141 Å². The van der Waals surface area contributed by atoms with E-state index in [-0.39, 0.29) is 6.04 Å². The third-order valence-corrected chi connectivity index (χ3v) is 5.56. The molecule has 1 aliphatic heterocycles. The maximum atomic E-state index is 13.8. The van der Waals surface area contributed by atoms with Crippen molar-refractivity contribution in [1.29, 1.82) is 0 Å². The molecule has 3 aromatic carbocycles. The molecule has 8 heteroatoms. The standard InChI is InChI=1S/C26H22O8/c27-19(16-10-4-1-5-11-16)20(28)23-25(32,21(29)17-12-6-2-7-13-17)26(33,24(31)34-23)22(30)18-14-8-3-9-15-18/h1-15,20,23-24,28,31-33H/t20?,23-,24?,25?,26?/m1/s1/i10D,12D,14D,23D. The van der Waals surface area contributed by atoms with Gasteiger partial charge in [0.1, 0.15) is 12.2 Å². The van der Waals surface area contributed by atoms with Gasteiger partial charge in [-0.15, -0.1) is 0 Å². The Balaban J connectivity index is 1.97. The van der Waals surface area contributed by atoms with Crippen molar-refractivity contribution >= 4 is 17.3 Å². The molecule has 34 heavy (non-hydrogen) atoms. The van der Waals surface area contributed by atoms with Crippen LogP contribution >= 0.6 is 0 Å². The smallest absolute Gasteiger partial charge is 0.217 e. The van der Waals surface area contributed by atoms with Crippen LogP contribution in [0.2, 0.25) is 0 Å². The van der Waals surface area contributed by atoms with E-state index in [1.54, 1.807) is 0 Å². The highest BCUT2D eigenvalue weighted by atomic mass is 16.7.